The molecule has 8 nitrogen and oxygen atoms in total. The lowest BCUT2D eigenvalue weighted by Gasteiger charge is -2.23. The van der Waals surface area contributed by atoms with E-state index in [9.17, 15) is 4.79 Å². The molecule has 4 aromatic rings. The maximum atomic E-state index is 12.9. The van der Waals surface area contributed by atoms with E-state index in [2.05, 4.69) is 20.7 Å². The predicted octanol–water partition coefficient (Wildman–Crippen LogP) is 3.18. The molecule has 4 heterocycles. The standard InChI is InChI=1S/C22H23N7O/c1-27-18(11-12-24-27)17-9-10-20-21(25-26-29(20)15-17)19-8-5-13-28(19)22(30)23-14-16-6-3-2-4-7-16/h2-4,6-7,9-12,15,19H,5,8,13-14H2,1H3,(H,23,30). The van der Waals surface area contributed by atoms with Gasteiger partial charge in [0.2, 0.25) is 0 Å². The van der Waals surface area contributed by atoms with Crippen molar-refractivity contribution >= 4 is 11.5 Å². The fraction of sp³-hybridized carbons (Fsp3) is 0.273. The Labute approximate surface area is 174 Å². The van der Waals surface area contributed by atoms with Gasteiger partial charge < -0.3 is 10.2 Å². The molecule has 0 radical (unpaired) electrons. The van der Waals surface area contributed by atoms with Gasteiger partial charge in [-0.25, -0.2) is 9.31 Å². The number of aromatic nitrogens is 5. The number of carbonyl (C=O) groups is 1. The van der Waals surface area contributed by atoms with Crippen molar-refractivity contribution in [3.05, 3.63) is 72.2 Å². The van der Waals surface area contributed by atoms with Gasteiger partial charge in [-0.1, -0.05) is 35.5 Å². The summed E-state index contributed by atoms with van der Waals surface area (Å²) >= 11 is 0. The van der Waals surface area contributed by atoms with E-state index in [0.717, 1.165) is 47.4 Å². The number of rotatable bonds is 4. The highest BCUT2D eigenvalue weighted by molar-refractivity contribution is 5.75. The molecule has 0 spiro atoms. The van der Waals surface area contributed by atoms with E-state index in [1.807, 2.05) is 71.4 Å². The Morgan fingerprint density at radius 2 is 2.03 bits per heavy atom. The molecule has 0 aliphatic carbocycles. The highest BCUT2D eigenvalue weighted by Crippen LogP contribution is 2.33. The number of carbonyl (C=O) groups excluding carboxylic acids is 1. The van der Waals surface area contributed by atoms with E-state index < -0.39 is 0 Å². The Hall–Kier alpha value is -3.68. The lowest BCUT2D eigenvalue weighted by molar-refractivity contribution is 0.192. The summed E-state index contributed by atoms with van der Waals surface area (Å²) in [6.45, 7) is 1.23. The monoisotopic (exact) mass is 401 g/mol. The van der Waals surface area contributed by atoms with E-state index in [4.69, 9.17) is 0 Å². The second kappa shape index (κ2) is 7.62. The van der Waals surface area contributed by atoms with Crippen LogP contribution in [-0.2, 0) is 13.6 Å². The van der Waals surface area contributed by atoms with Gasteiger partial charge in [0, 0.05) is 38.1 Å². The smallest absolute Gasteiger partial charge is 0.318 e. The van der Waals surface area contributed by atoms with E-state index in [1.165, 1.54) is 0 Å². The summed E-state index contributed by atoms with van der Waals surface area (Å²) in [6.07, 6.45) is 5.57. The summed E-state index contributed by atoms with van der Waals surface area (Å²) in [5.41, 5.74) is 4.88. The number of aryl methyl sites for hydroxylation is 1. The van der Waals surface area contributed by atoms with Gasteiger partial charge in [0.05, 0.1) is 17.3 Å². The molecule has 5 rings (SSSR count). The summed E-state index contributed by atoms with van der Waals surface area (Å²) in [5, 5.41) is 16.0. The number of likely N-dealkylation sites (tertiary alicyclic amines) is 1. The maximum Gasteiger partial charge on any atom is 0.318 e. The second-order valence-corrected chi connectivity index (χ2v) is 7.56. The largest absolute Gasteiger partial charge is 0.334 e. The normalized spacial score (nSPS) is 16.3. The Morgan fingerprint density at radius 3 is 2.83 bits per heavy atom. The quantitative estimate of drug-likeness (QED) is 0.570. The van der Waals surface area contributed by atoms with Crippen molar-refractivity contribution in [2.45, 2.75) is 25.4 Å². The van der Waals surface area contributed by atoms with Crippen LogP contribution in [0.15, 0.2) is 60.9 Å². The van der Waals surface area contributed by atoms with Crippen LogP contribution in [0.5, 0.6) is 0 Å². The Balaban J connectivity index is 1.37. The molecule has 1 saturated heterocycles. The molecule has 0 bridgehead atoms. The first-order valence-electron chi connectivity index (χ1n) is 10.1. The van der Waals surface area contributed by atoms with Gasteiger partial charge in [-0.3, -0.25) is 4.68 Å². The van der Waals surface area contributed by atoms with Crippen LogP contribution in [0, 0.1) is 0 Å². The topological polar surface area (TPSA) is 80.3 Å². The second-order valence-electron chi connectivity index (χ2n) is 7.56. The SMILES string of the molecule is Cn1nccc1-c1ccc2c(C3CCCN3C(=O)NCc3ccccc3)nnn2c1. The first-order chi connectivity index (χ1) is 14.7. The molecule has 1 atom stereocenters. The molecule has 1 N–H and O–H groups in total. The average Bonchev–Trinajstić information content (AvgIpc) is 3.51. The maximum absolute atomic E-state index is 12.9. The van der Waals surface area contributed by atoms with Gasteiger partial charge in [-0.15, -0.1) is 5.10 Å². The van der Waals surface area contributed by atoms with E-state index in [0.29, 0.717) is 6.54 Å². The van der Waals surface area contributed by atoms with Crippen LogP contribution < -0.4 is 5.32 Å². The van der Waals surface area contributed by atoms with Crippen LogP contribution in [0.25, 0.3) is 16.8 Å². The molecule has 1 aliphatic heterocycles. The van der Waals surface area contributed by atoms with Crippen LogP contribution in [0.4, 0.5) is 4.79 Å². The zero-order valence-electron chi connectivity index (χ0n) is 16.8. The number of amides is 2. The molecule has 0 saturated carbocycles. The lowest BCUT2D eigenvalue weighted by Crippen LogP contribution is -2.39. The number of hydrogen-bond donors (Lipinski definition) is 1. The molecule has 3 aromatic heterocycles. The molecule has 1 aliphatic rings. The van der Waals surface area contributed by atoms with Crippen molar-refractivity contribution in [2.75, 3.05) is 6.54 Å². The third kappa shape index (κ3) is 3.30. The molecular formula is C22H23N7O. The first-order valence-corrected chi connectivity index (χ1v) is 10.1. The molecule has 2 amide bonds. The van der Waals surface area contributed by atoms with Crippen molar-refractivity contribution in [3.8, 4) is 11.3 Å². The summed E-state index contributed by atoms with van der Waals surface area (Å²) in [7, 11) is 1.91. The number of pyridine rings is 1. The lowest BCUT2D eigenvalue weighted by atomic mass is 10.1. The zero-order valence-corrected chi connectivity index (χ0v) is 16.8. The van der Waals surface area contributed by atoms with E-state index in [-0.39, 0.29) is 12.1 Å². The van der Waals surface area contributed by atoms with Crippen molar-refractivity contribution < 1.29 is 4.79 Å². The van der Waals surface area contributed by atoms with Crippen molar-refractivity contribution in [1.29, 1.82) is 0 Å². The predicted molar refractivity (Wildman–Crippen MR) is 113 cm³/mol. The third-order valence-electron chi connectivity index (χ3n) is 5.67. The molecular weight excluding hydrogens is 378 g/mol. The Morgan fingerprint density at radius 1 is 1.17 bits per heavy atom. The molecule has 1 fully saturated rings. The van der Waals surface area contributed by atoms with Crippen LogP contribution in [0.3, 0.4) is 0 Å². The molecule has 1 unspecified atom stereocenters. The zero-order chi connectivity index (χ0) is 20.5. The van der Waals surface area contributed by atoms with Crippen molar-refractivity contribution in [1.82, 2.24) is 34.8 Å². The van der Waals surface area contributed by atoms with Crippen LogP contribution in [0.2, 0.25) is 0 Å². The Bertz CT molecular complexity index is 1180. The highest BCUT2D eigenvalue weighted by Gasteiger charge is 2.33. The minimum absolute atomic E-state index is 0.0611. The average molecular weight is 401 g/mol. The Kier molecular flexibility index (Phi) is 4.66. The van der Waals surface area contributed by atoms with E-state index >= 15 is 0 Å². The van der Waals surface area contributed by atoms with Crippen molar-refractivity contribution in [2.24, 2.45) is 7.05 Å². The third-order valence-corrected chi connectivity index (χ3v) is 5.67. The van der Waals surface area contributed by atoms with Gasteiger partial charge in [-0.2, -0.15) is 5.10 Å². The van der Waals surface area contributed by atoms with Gasteiger partial charge in [-0.05, 0) is 36.6 Å². The molecule has 8 heteroatoms. The number of nitrogens with one attached hydrogen (secondary N) is 1. The summed E-state index contributed by atoms with van der Waals surface area (Å²) in [4.78, 5) is 14.7. The molecule has 1 aromatic carbocycles. The minimum Gasteiger partial charge on any atom is -0.334 e. The molecule has 152 valence electrons. The van der Waals surface area contributed by atoms with Crippen LogP contribution in [-0.4, -0.2) is 42.1 Å². The summed E-state index contributed by atoms with van der Waals surface area (Å²) < 4.78 is 3.62. The number of nitrogens with zero attached hydrogens (tertiary/aromatic N) is 6. The first kappa shape index (κ1) is 18.4. The molecule has 30 heavy (non-hydrogen) atoms. The minimum atomic E-state index is -0.0687. The van der Waals surface area contributed by atoms with Crippen LogP contribution in [0.1, 0.15) is 30.1 Å². The number of fused-ring (bicyclic) bond motifs is 1. The summed E-state index contributed by atoms with van der Waals surface area (Å²) in [6, 6.07) is 15.8. The number of urea groups is 1. The van der Waals surface area contributed by atoms with Gasteiger partial charge in [0.25, 0.3) is 0 Å². The van der Waals surface area contributed by atoms with Crippen LogP contribution >= 0.6 is 0 Å². The summed E-state index contributed by atoms with van der Waals surface area (Å²) in [5.74, 6) is 0. The number of hydrogen-bond acceptors (Lipinski definition) is 4. The highest BCUT2D eigenvalue weighted by atomic mass is 16.2. The number of benzene rings is 1. The fourth-order valence-electron chi connectivity index (χ4n) is 4.13. The fourth-order valence-corrected chi connectivity index (χ4v) is 4.13. The van der Waals surface area contributed by atoms with Gasteiger partial charge in [0.1, 0.15) is 5.69 Å². The van der Waals surface area contributed by atoms with E-state index in [1.54, 1.807) is 10.7 Å². The van der Waals surface area contributed by atoms with Crippen molar-refractivity contribution in [3.63, 3.8) is 0 Å². The van der Waals surface area contributed by atoms with Gasteiger partial charge in [0.15, 0.2) is 0 Å². The van der Waals surface area contributed by atoms with Gasteiger partial charge >= 0.3 is 6.03 Å².